The summed E-state index contributed by atoms with van der Waals surface area (Å²) in [4.78, 5) is 23.7. The molecule has 118 valence electrons. The zero-order chi connectivity index (χ0) is 16.4. The second kappa shape index (κ2) is 6.12. The molecule has 2 aromatic heterocycles. The molecule has 2 heterocycles. The van der Waals surface area contributed by atoms with Crippen LogP contribution < -0.4 is 10.4 Å². The Kier molecular flexibility index (Phi) is 4.02. The van der Waals surface area contributed by atoms with E-state index in [0.29, 0.717) is 17.0 Å². The molecule has 0 N–H and O–H groups in total. The van der Waals surface area contributed by atoms with Crippen molar-refractivity contribution in [3.05, 3.63) is 64.3 Å². The van der Waals surface area contributed by atoms with Crippen LogP contribution in [0.3, 0.4) is 0 Å². The highest BCUT2D eigenvalue weighted by atomic mass is 16.5. The molecular weight excluding hydrogens is 294 g/mol. The van der Waals surface area contributed by atoms with Gasteiger partial charge in [-0.05, 0) is 36.2 Å². The van der Waals surface area contributed by atoms with E-state index in [4.69, 9.17) is 9.15 Å². The van der Waals surface area contributed by atoms with Crippen molar-refractivity contribution >= 4 is 16.8 Å². The molecule has 1 aromatic carbocycles. The number of hydrogen-bond acceptors (Lipinski definition) is 4. The fourth-order valence-electron chi connectivity index (χ4n) is 2.57. The summed E-state index contributed by atoms with van der Waals surface area (Å²) >= 11 is 0. The van der Waals surface area contributed by atoms with Crippen molar-refractivity contribution in [2.24, 2.45) is 7.05 Å². The molecule has 5 nitrogen and oxygen atoms in total. The number of carbonyl (C=O) groups is 1. The van der Waals surface area contributed by atoms with Gasteiger partial charge in [0.1, 0.15) is 11.3 Å². The third-order valence-electron chi connectivity index (χ3n) is 3.78. The van der Waals surface area contributed by atoms with Crippen molar-refractivity contribution in [2.45, 2.75) is 13.3 Å². The van der Waals surface area contributed by atoms with E-state index in [-0.39, 0.29) is 18.0 Å². The van der Waals surface area contributed by atoms with E-state index in [9.17, 15) is 9.59 Å². The van der Waals surface area contributed by atoms with Gasteiger partial charge in [-0.3, -0.25) is 4.79 Å². The number of aryl methyl sites for hydroxylation is 2. The minimum atomic E-state index is -0.383. The zero-order valence-corrected chi connectivity index (χ0v) is 13.0. The topological polar surface area (TPSA) is 61.4 Å². The summed E-state index contributed by atoms with van der Waals surface area (Å²) in [5.74, 6) is 0.387. The van der Waals surface area contributed by atoms with Crippen LogP contribution in [-0.2, 0) is 13.5 Å². The third-order valence-corrected chi connectivity index (χ3v) is 3.78. The van der Waals surface area contributed by atoms with Crippen molar-refractivity contribution in [1.82, 2.24) is 4.57 Å². The van der Waals surface area contributed by atoms with Crippen LogP contribution in [0.1, 0.15) is 23.0 Å². The lowest BCUT2D eigenvalue weighted by Gasteiger charge is -2.08. The largest absolute Gasteiger partial charge is 0.485 e. The zero-order valence-electron chi connectivity index (χ0n) is 13.0. The van der Waals surface area contributed by atoms with Crippen molar-refractivity contribution < 1.29 is 13.9 Å². The molecule has 0 aliphatic heterocycles. The van der Waals surface area contributed by atoms with Gasteiger partial charge < -0.3 is 13.7 Å². The van der Waals surface area contributed by atoms with Gasteiger partial charge in [0.2, 0.25) is 5.78 Å². The lowest BCUT2D eigenvalue weighted by molar-refractivity contribution is 0.0913. The molecule has 0 spiro atoms. The summed E-state index contributed by atoms with van der Waals surface area (Å²) in [6, 6.07) is 10.3. The van der Waals surface area contributed by atoms with Crippen molar-refractivity contribution in [3.63, 3.8) is 0 Å². The molecule has 0 saturated heterocycles. The fourth-order valence-corrected chi connectivity index (χ4v) is 2.57. The molecule has 0 aliphatic carbocycles. The Morgan fingerprint density at radius 3 is 2.78 bits per heavy atom. The van der Waals surface area contributed by atoms with Crippen LogP contribution in [0.15, 0.2) is 51.8 Å². The van der Waals surface area contributed by atoms with Gasteiger partial charge in [0, 0.05) is 30.8 Å². The molecular formula is C18H17NO4. The SMILES string of the molecule is CCc1cc(=O)oc2cc(OCC(=O)c3cccn3C)ccc12. The predicted molar refractivity (Wildman–Crippen MR) is 87.1 cm³/mol. The highest BCUT2D eigenvalue weighted by molar-refractivity contribution is 5.95. The fraction of sp³-hybridized carbons (Fsp3) is 0.222. The van der Waals surface area contributed by atoms with E-state index < -0.39 is 0 Å². The van der Waals surface area contributed by atoms with Gasteiger partial charge in [0.05, 0.1) is 5.69 Å². The first-order valence-corrected chi connectivity index (χ1v) is 7.42. The minimum Gasteiger partial charge on any atom is -0.485 e. The van der Waals surface area contributed by atoms with E-state index in [2.05, 4.69) is 0 Å². The number of rotatable bonds is 5. The third kappa shape index (κ3) is 3.04. The van der Waals surface area contributed by atoms with Gasteiger partial charge in [0.25, 0.3) is 0 Å². The maximum atomic E-state index is 12.1. The van der Waals surface area contributed by atoms with Crippen LogP contribution in [0.5, 0.6) is 5.75 Å². The van der Waals surface area contributed by atoms with E-state index in [1.165, 1.54) is 6.07 Å². The van der Waals surface area contributed by atoms with Crippen LogP contribution in [0.25, 0.3) is 11.0 Å². The molecule has 5 heteroatoms. The summed E-state index contributed by atoms with van der Waals surface area (Å²) in [5, 5.41) is 0.883. The predicted octanol–water partition coefficient (Wildman–Crippen LogP) is 2.96. The molecule has 23 heavy (non-hydrogen) atoms. The second-order valence-electron chi connectivity index (χ2n) is 5.32. The number of hydrogen-bond donors (Lipinski definition) is 0. The number of ether oxygens (including phenoxy) is 1. The Morgan fingerprint density at radius 2 is 2.09 bits per heavy atom. The van der Waals surface area contributed by atoms with E-state index in [1.807, 2.05) is 32.3 Å². The highest BCUT2D eigenvalue weighted by Crippen LogP contribution is 2.23. The second-order valence-corrected chi connectivity index (χ2v) is 5.32. The van der Waals surface area contributed by atoms with E-state index >= 15 is 0 Å². The van der Waals surface area contributed by atoms with Crippen molar-refractivity contribution in [1.29, 1.82) is 0 Å². The maximum Gasteiger partial charge on any atom is 0.336 e. The Balaban J connectivity index is 1.83. The van der Waals surface area contributed by atoms with Crippen LogP contribution in [0.4, 0.5) is 0 Å². The number of fused-ring (bicyclic) bond motifs is 1. The monoisotopic (exact) mass is 311 g/mol. The summed E-state index contributed by atoms with van der Waals surface area (Å²) in [6.07, 6.45) is 2.55. The highest BCUT2D eigenvalue weighted by Gasteiger charge is 2.11. The first-order valence-electron chi connectivity index (χ1n) is 7.42. The number of benzene rings is 1. The number of carbonyl (C=O) groups excluding carboxylic acids is 1. The molecule has 0 fully saturated rings. The smallest absolute Gasteiger partial charge is 0.336 e. The Hall–Kier alpha value is -2.82. The molecule has 0 atom stereocenters. The number of Topliss-reactive ketones (excluding diaryl/α,β-unsaturated/α-hetero) is 1. The summed E-state index contributed by atoms with van der Waals surface area (Å²) in [6.45, 7) is 1.91. The van der Waals surface area contributed by atoms with Crippen LogP contribution in [0.2, 0.25) is 0 Å². The number of aromatic nitrogens is 1. The molecule has 0 aliphatic rings. The average Bonchev–Trinajstić information content (AvgIpc) is 2.97. The lowest BCUT2D eigenvalue weighted by atomic mass is 10.1. The van der Waals surface area contributed by atoms with Gasteiger partial charge >= 0.3 is 5.63 Å². The number of ketones is 1. The molecule has 0 amide bonds. The molecule has 0 bridgehead atoms. The Bertz CT molecular complexity index is 920. The van der Waals surface area contributed by atoms with E-state index in [1.54, 1.807) is 22.8 Å². The Morgan fingerprint density at radius 1 is 1.26 bits per heavy atom. The minimum absolute atomic E-state index is 0.0684. The molecule has 0 radical (unpaired) electrons. The molecule has 3 rings (SSSR count). The van der Waals surface area contributed by atoms with Gasteiger partial charge in [-0.1, -0.05) is 6.92 Å². The quantitative estimate of drug-likeness (QED) is 0.537. The van der Waals surface area contributed by atoms with Crippen LogP contribution in [0, 0.1) is 0 Å². The molecule has 0 saturated carbocycles. The van der Waals surface area contributed by atoms with Gasteiger partial charge in [-0.25, -0.2) is 4.79 Å². The summed E-state index contributed by atoms with van der Waals surface area (Å²) in [5.41, 5.74) is 1.61. The Labute approximate surface area is 133 Å². The van der Waals surface area contributed by atoms with Crippen molar-refractivity contribution in [3.8, 4) is 5.75 Å². The average molecular weight is 311 g/mol. The first kappa shape index (κ1) is 15.1. The maximum absolute atomic E-state index is 12.1. The van der Waals surface area contributed by atoms with E-state index in [0.717, 1.165) is 17.4 Å². The van der Waals surface area contributed by atoms with Crippen LogP contribution in [-0.4, -0.2) is 17.0 Å². The van der Waals surface area contributed by atoms with Crippen LogP contribution >= 0.6 is 0 Å². The van der Waals surface area contributed by atoms with Gasteiger partial charge in [0.15, 0.2) is 6.61 Å². The molecule has 0 unspecified atom stereocenters. The van der Waals surface area contributed by atoms with Gasteiger partial charge in [-0.15, -0.1) is 0 Å². The van der Waals surface area contributed by atoms with Gasteiger partial charge in [-0.2, -0.15) is 0 Å². The van der Waals surface area contributed by atoms with Crippen molar-refractivity contribution in [2.75, 3.05) is 6.61 Å². The first-order chi connectivity index (χ1) is 11.1. The number of nitrogens with zero attached hydrogens (tertiary/aromatic N) is 1. The summed E-state index contributed by atoms with van der Waals surface area (Å²) < 4.78 is 12.5. The standard InChI is InChI=1S/C18H17NO4/c1-3-12-9-18(21)23-17-10-13(6-7-14(12)17)22-11-16(20)15-5-4-8-19(15)2/h4-10H,3,11H2,1-2H3. The lowest BCUT2D eigenvalue weighted by Crippen LogP contribution is -2.14. The summed E-state index contributed by atoms with van der Waals surface area (Å²) in [7, 11) is 1.81. The normalized spacial score (nSPS) is 10.9. The molecule has 3 aromatic rings.